The van der Waals surface area contributed by atoms with E-state index in [1.165, 1.54) is 0 Å². The molecule has 31 heavy (non-hydrogen) atoms. The summed E-state index contributed by atoms with van der Waals surface area (Å²) >= 11 is 5.92. The highest BCUT2D eigenvalue weighted by Crippen LogP contribution is 2.26. The summed E-state index contributed by atoms with van der Waals surface area (Å²) in [5.41, 5.74) is 1.73. The first kappa shape index (κ1) is 21.4. The molecule has 0 N–H and O–H groups in total. The van der Waals surface area contributed by atoms with E-state index in [-0.39, 0.29) is 29.7 Å². The number of carbonyl (C=O) groups excluding carboxylic acids is 1. The molecule has 0 unspecified atom stereocenters. The average Bonchev–Trinajstić information content (AvgIpc) is 3.39. The first-order valence-corrected chi connectivity index (χ1v) is 11.9. The fourth-order valence-electron chi connectivity index (χ4n) is 3.59. The van der Waals surface area contributed by atoms with Crippen LogP contribution in [-0.2, 0) is 16.4 Å². The van der Waals surface area contributed by atoms with E-state index in [0.29, 0.717) is 23.0 Å². The van der Waals surface area contributed by atoms with E-state index in [4.69, 9.17) is 20.9 Å². The van der Waals surface area contributed by atoms with E-state index in [9.17, 15) is 13.2 Å². The zero-order valence-electron chi connectivity index (χ0n) is 16.8. The van der Waals surface area contributed by atoms with Crippen LogP contribution in [0.2, 0.25) is 5.02 Å². The van der Waals surface area contributed by atoms with Crippen LogP contribution in [0.1, 0.15) is 22.5 Å². The Morgan fingerprint density at radius 2 is 1.90 bits per heavy atom. The van der Waals surface area contributed by atoms with Gasteiger partial charge in [0.05, 0.1) is 18.6 Å². The maximum atomic E-state index is 13.3. The Bertz CT molecular complexity index is 1170. The van der Waals surface area contributed by atoms with Crippen molar-refractivity contribution in [2.24, 2.45) is 0 Å². The number of methoxy groups -OCH3 is 1. The van der Waals surface area contributed by atoms with Gasteiger partial charge in [-0.15, -0.1) is 0 Å². The molecule has 1 fully saturated rings. The number of carbonyl (C=O) groups is 1. The summed E-state index contributed by atoms with van der Waals surface area (Å²) in [7, 11) is -1.59. The van der Waals surface area contributed by atoms with Crippen LogP contribution in [0.15, 0.2) is 59.1 Å². The van der Waals surface area contributed by atoms with Crippen LogP contribution in [0.3, 0.4) is 0 Å². The molecule has 4 rings (SSSR count). The van der Waals surface area contributed by atoms with E-state index < -0.39 is 15.9 Å². The second kappa shape index (κ2) is 8.72. The van der Waals surface area contributed by atoms with Crippen molar-refractivity contribution in [3.8, 4) is 17.1 Å². The van der Waals surface area contributed by atoms with E-state index in [1.807, 2.05) is 12.1 Å². The van der Waals surface area contributed by atoms with Gasteiger partial charge in [-0.2, -0.15) is 0 Å². The molecular weight excluding hydrogens is 440 g/mol. The molecule has 1 aromatic heterocycles. The van der Waals surface area contributed by atoms with Gasteiger partial charge < -0.3 is 14.2 Å². The molecule has 1 atom stereocenters. The molecule has 7 nitrogen and oxygen atoms in total. The van der Waals surface area contributed by atoms with Crippen molar-refractivity contribution >= 4 is 27.3 Å². The lowest BCUT2D eigenvalue weighted by Crippen LogP contribution is -2.40. The van der Waals surface area contributed by atoms with Gasteiger partial charge in [-0.3, -0.25) is 4.79 Å². The highest BCUT2D eigenvalue weighted by atomic mass is 35.5. The zero-order chi connectivity index (χ0) is 22.0. The number of sulfone groups is 1. The normalized spacial score (nSPS) is 17.4. The van der Waals surface area contributed by atoms with Gasteiger partial charge in [0, 0.05) is 29.2 Å². The Labute approximate surface area is 185 Å². The number of hydrogen-bond donors (Lipinski definition) is 0. The lowest BCUT2D eigenvalue weighted by Gasteiger charge is -2.27. The molecular formula is C22H21ClN2O5S. The molecule has 0 spiro atoms. The highest BCUT2D eigenvalue weighted by Gasteiger charge is 2.36. The van der Waals surface area contributed by atoms with E-state index in [2.05, 4.69) is 5.16 Å². The lowest BCUT2D eigenvalue weighted by molar-refractivity contribution is 0.0670. The third-order valence-corrected chi connectivity index (χ3v) is 7.28. The van der Waals surface area contributed by atoms with Crippen molar-refractivity contribution in [1.29, 1.82) is 0 Å². The summed E-state index contributed by atoms with van der Waals surface area (Å²) < 4.78 is 34.7. The molecule has 1 amide bonds. The van der Waals surface area contributed by atoms with Crippen molar-refractivity contribution in [3.05, 3.63) is 70.9 Å². The number of hydrogen-bond acceptors (Lipinski definition) is 6. The SMILES string of the molecule is COc1ccc(CN(C(=O)c2cc(-c3ccc(Cl)cc3)on2)[C@@H]2CCS(=O)(=O)C2)cc1. The van der Waals surface area contributed by atoms with Crippen molar-refractivity contribution < 1.29 is 22.5 Å². The predicted octanol–water partition coefficient (Wildman–Crippen LogP) is 3.83. The Morgan fingerprint density at radius 3 is 2.52 bits per heavy atom. The monoisotopic (exact) mass is 460 g/mol. The maximum absolute atomic E-state index is 13.3. The number of ether oxygens (including phenoxy) is 1. The van der Waals surface area contributed by atoms with Crippen LogP contribution in [0.4, 0.5) is 0 Å². The first-order chi connectivity index (χ1) is 14.8. The fraction of sp³-hybridized carbons (Fsp3) is 0.273. The molecule has 2 heterocycles. The van der Waals surface area contributed by atoms with Gasteiger partial charge in [0.1, 0.15) is 5.75 Å². The van der Waals surface area contributed by atoms with Gasteiger partial charge >= 0.3 is 0 Å². The van der Waals surface area contributed by atoms with Crippen LogP contribution >= 0.6 is 11.6 Å². The number of benzene rings is 2. The number of amides is 1. The van der Waals surface area contributed by atoms with E-state index in [1.54, 1.807) is 54.5 Å². The summed E-state index contributed by atoms with van der Waals surface area (Å²) in [4.78, 5) is 14.9. The second-order valence-electron chi connectivity index (χ2n) is 7.42. The molecule has 2 aromatic carbocycles. The fourth-order valence-corrected chi connectivity index (χ4v) is 5.45. The van der Waals surface area contributed by atoms with Gasteiger partial charge in [0.15, 0.2) is 21.3 Å². The van der Waals surface area contributed by atoms with Crippen LogP contribution in [0.5, 0.6) is 5.75 Å². The van der Waals surface area contributed by atoms with Gasteiger partial charge in [-0.25, -0.2) is 8.42 Å². The highest BCUT2D eigenvalue weighted by molar-refractivity contribution is 7.91. The average molecular weight is 461 g/mol. The summed E-state index contributed by atoms with van der Waals surface area (Å²) in [5.74, 6) is 0.773. The van der Waals surface area contributed by atoms with Crippen LogP contribution < -0.4 is 4.74 Å². The quantitative estimate of drug-likeness (QED) is 0.555. The van der Waals surface area contributed by atoms with Gasteiger partial charge in [0.2, 0.25) is 0 Å². The minimum absolute atomic E-state index is 0.0587. The number of rotatable bonds is 6. The Morgan fingerprint density at radius 1 is 1.19 bits per heavy atom. The molecule has 0 radical (unpaired) electrons. The summed E-state index contributed by atoms with van der Waals surface area (Å²) in [5, 5.41) is 4.53. The molecule has 0 aliphatic carbocycles. The van der Waals surface area contributed by atoms with Crippen LogP contribution in [0.25, 0.3) is 11.3 Å². The summed E-state index contributed by atoms with van der Waals surface area (Å²) in [6.07, 6.45) is 0.395. The number of halogens is 1. The van der Waals surface area contributed by atoms with Crippen molar-refractivity contribution in [3.63, 3.8) is 0 Å². The molecule has 162 valence electrons. The Kier molecular flexibility index (Phi) is 6.02. The lowest BCUT2D eigenvalue weighted by atomic mass is 10.1. The minimum atomic E-state index is -3.17. The number of aromatic nitrogens is 1. The maximum Gasteiger partial charge on any atom is 0.276 e. The van der Waals surface area contributed by atoms with E-state index in [0.717, 1.165) is 11.1 Å². The molecule has 0 saturated carbocycles. The Hall–Kier alpha value is -2.84. The third kappa shape index (κ3) is 4.91. The second-order valence-corrected chi connectivity index (χ2v) is 10.1. The summed E-state index contributed by atoms with van der Waals surface area (Å²) in [6.45, 7) is 0.256. The van der Waals surface area contributed by atoms with E-state index >= 15 is 0 Å². The standard InChI is InChI=1S/C22H21ClN2O5S/c1-29-19-8-2-15(3-9-19)13-25(18-10-11-31(27,28)14-18)22(26)20-12-21(30-24-20)16-4-6-17(23)7-5-16/h2-9,12,18H,10-11,13-14H2,1H3/t18-/m1/s1. The molecule has 1 aliphatic rings. The molecule has 1 aliphatic heterocycles. The third-order valence-electron chi connectivity index (χ3n) is 5.28. The van der Waals surface area contributed by atoms with Gasteiger partial charge in [0.25, 0.3) is 5.91 Å². The first-order valence-electron chi connectivity index (χ1n) is 9.71. The zero-order valence-corrected chi connectivity index (χ0v) is 18.4. The number of nitrogens with zero attached hydrogens (tertiary/aromatic N) is 2. The smallest absolute Gasteiger partial charge is 0.276 e. The minimum Gasteiger partial charge on any atom is -0.497 e. The molecule has 9 heteroatoms. The van der Waals surface area contributed by atoms with Crippen LogP contribution in [-0.4, -0.2) is 49.0 Å². The van der Waals surface area contributed by atoms with Crippen molar-refractivity contribution in [2.45, 2.75) is 19.0 Å². The summed E-state index contributed by atoms with van der Waals surface area (Å²) in [6, 6.07) is 15.4. The Balaban J connectivity index is 1.61. The molecule has 3 aromatic rings. The van der Waals surface area contributed by atoms with Gasteiger partial charge in [-0.05, 0) is 48.4 Å². The molecule has 1 saturated heterocycles. The largest absolute Gasteiger partial charge is 0.497 e. The predicted molar refractivity (Wildman–Crippen MR) is 117 cm³/mol. The van der Waals surface area contributed by atoms with Gasteiger partial charge in [-0.1, -0.05) is 28.9 Å². The van der Waals surface area contributed by atoms with Crippen molar-refractivity contribution in [1.82, 2.24) is 10.1 Å². The van der Waals surface area contributed by atoms with Crippen LogP contribution in [0, 0.1) is 0 Å². The molecule has 0 bridgehead atoms. The topological polar surface area (TPSA) is 89.7 Å². The van der Waals surface area contributed by atoms with Crippen molar-refractivity contribution in [2.75, 3.05) is 18.6 Å².